The lowest BCUT2D eigenvalue weighted by molar-refractivity contribution is -0.145. The molecule has 0 aromatic heterocycles. The second-order valence-electron chi connectivity index (χ2n) is 3.35. The van der Waals surface area contributed by atoms with Crippen molar-refractivity contribution in [3.05, 3.63) is 0 Å². The van der Waals surface area contributed by atoms with Gasteiger partial charge in [0.2, 0.25) is 5.92 Å². The first-order valence-electron chi connectivity index (χ1n) is 4.78. The van der Waals surface area contributed by atoms with Gasteiger partial charge in [0.15, 0.2) is 0 Å². The first-order valence-corrected chi connectivity index (χ1v) is 5.58. The van der Waals surface area contributed by atoms with Crippen LogP contribution in [0.25, 0.3) is 0 Å². The first-order chi connectivity index (χ1) is 6.96. The minimum absolute atomic E-state index is 0.203. The molecule has 1 N–H and O–H groups in total. The van der Waals surface area contributed by atoms with Crippen LogP contribution in [-0.4, -0.2) is 25.0 Å². The highest BCUT2D eigenvalue weighted by atomic mass is 79.9. The van der Waals surface area contributed by atoms with Crippen molar-refractivity contribution in [1.82, 2.24) is 4.34 Å². The van der Waals surface area contributed by atoms with Crippen molar-refractivity contribution in [2.75, 3.05) is 7.11 Å². The van der Waals surface area contributed by atoms with Crippen LogP contribution in [0.4, 0.5) is 8.78 Å². The molecule has 0 aromatic carbocycles. The van der Waals surface area contributed by atoms with Crippen LogP contribution in [0.3, 0.4) is 0 Å². The summed E-state index contributed by atoms with van der Waals surface area (Å²) in [5, 5.41) is 0. The monoisotopic (exact) mass is 287 g/mol. The van der Waals surface area contributed by atoms with Gasteiger partial charge in [-0.15, -0.1) is 0 Å². The molecule has 0 saturated carbocycles. The van der Waals surface area contributed by atoms with E-state index >= 15 is 0 Å². The largest absolute Gasteiger partial charge is 0.468 e. The van der Waals surface area contributed by atoms with E-state index in [9.17, 15) is 13.6 Å². The summed E-state index contributed by atoms with van der Waals surface area (Å²) in [4.78, 5) is 11.0. The van der Waals surface area contributed by atoms with Crippen LogP contribution >= 0.6 is 16.1 Å². The number of unbranched alkanes of at least 4 members (excludes halogenated alkanes) is 1. The topological polar surface area (TPSA) is 38.3 Å². The van der Waals surface area contributed by atoms with Crippen molar-refractivity contribution in [3.63, 3.8) is 0 Å². The number of hydrogen-bond donors (Lipinski definition) is 1. The Morgan fingerprint density at radius 2 is 2.20 bits per heavy atom. The Bertz CT molecular complexity index is 203. The molecule has 0 aromatic rings. The number of methoxy groups -OCH3 is 1. The molecule has 0 aliphatic carbocycles. The van der Waals surface area contributed by atoms with E-state index in [1.165, 1.54) is 7.11 Å². The summed E-state index contributed by atoms with van der Waals surface area (Å²) in [6.07, 6.45) is 0.403. The lowest BCUT2D eigenvalue weighted by Gasteiger charge is -2.20. The van der Waals surface area contributed by atoms with Crippen molar-refractivity contribution in [2.45, 2.75) is 44.6 Å². The number of carbonyl (C=O) groups is 1. The van der Waals surface area contributed by atoms with Gasteiger partial charge in [0.25, 0.3) is 0 Å². The second-order valence-corrected chi connectivity index (χ2v) is 3.81. The van der Waals surface area contributed by atoms with Gasteiger partial charge < -0.3 is 4.74 Å². The minimum Gasteiger partial charge on any atom is -0.468 e. The Morgan fingerprint density at radius 1 is 1.60 bits per heavy atom. The predicted molar refractivity (Wildman–Crippen MR) is 57.0 cm³/mol. The van der Waals surface area contributed by atoms with Gasteiger partial charge in [-0.1, -0.05) is 13.3 Å². The van der Waals surface area contributed by atoms with Crippen LogP contribution in [0.5, 0.6) is 0 Å². The molecule has 90 valence electrons. The lowest BCUT2D eigenvalue weighted by Crippen LogP contribution is -2.37. The molecule has 3 nitrogen and oxygen atoms in total. The third-order valence-corrected chi connectivity index (χ3v) is 2.57. The molecule has 0 amide bonds. The molecular weight excluding hydrogens is 272 g/mol. The average Bonchev–Trinajstić information content (AvgIpc) is 2.22. The van der Waals surface area contributed by atoms with E-state index in [-0.39, 0.29) is 6.42 Å². The van der Waals surface area contributed by atoms with E-state index in [1.807, 2.05) is 6.92 Å². The molecule has 0 rings (SSSR count). The van der Waals surface area contributed by atoms with E-state index in [1.54, 1.807) is 0 Å². The third kappa shape index (κ3) is 6.04. The molecule has 0 fully saturated rings. The molecule has 0 radical (unpaired) electrons. The molecular formula is C9H16BrF2NO2. The van der Waals surface area contributed by atoms with Gasteiger partial charge in [0, 0.05) is 29.0 Å². The van der Waals surface area contributed by atoms with Crippen LogP contribution in [0.1, 0.15) is 32.6 Å². The van der Waals surface area contributed by atoms with E-state index in [0.717, 1.165) is 0 Å². The van der Waals surface area contributed by atoms with E-state index < -0.39 is 24.4 Å². The van der Waals surface area contributed by atoms with Crippen molar-refractivity contribution in [2.24, 2.45) is 0 Å². The Hall–Kier alpha value is -0.230. The normalized spacial score (nSPS) is 13.7. The molecule has 0 saturated heterocycles. The van der Waals surface area contributed by atoms with Crippen molar-refractivity contribution >= 4 is 22.1 Å². The molecule has 0 heterocycles. The number of esters is 1. The van der Waals surface area contributed by atoms with E-state index in [0.29, 0.717) is 12.8 Å². The van der Waals surface area contributed by atoms with Gasteiger partial charge in [0.05, 0.1) is 7.11 Å². The standard InChI is InChI=1S/C9H16BrF2NO2/c1-3-4-5-9(11,12)6-7(13-10)8(14)15-2/h7,13H,3-6H2,1-2H3/t7-/m0/s1. The highest BCUT2D eigenvalue weighted by Crippen LogP contribution is 2.27. The molecule has 1 atom stereocenters. The lowest BCUT2D eigenvalue weighted by atomic mass is 10.0. The van der Waals surface area contributed by atoms with Crippen LogP contribution in [-0.2, 0) is 9.53 Å². The zero-order valence-corrected chi connectivity index (χ0v) is 10.4. The molecule has 0 aliphatic heterocycles. The molecule has 0 bridgehead atoms. The number of halogens is 3. The molecule has 0 aliphatic rings. The highest BCUT2D eigenvalue weighted by Gasteiger charge is 2.35. The number of carbonyl (C=O) groups excluding carboxylic acids is 1. The maximum Gasteiger partial charge on any atom is 0.323 e. The van der Waals surface area contributed by atoms with Crippen LogP contribution in [0.2, 0.25) is 0 Å². The van der Waals surface area contributed by atoms with Crippen LogP contribution in [0.15, 0.2) is 0 Å². The van der Waals surface area contributed by atoms with Gasteiger partial charge in [-0.05, 0) is 6.42 Å². The summed E-state index contributed by atoms with van der Waals surface area (Å²) in [6.45, 7) is 1.84. The van der Waals surface area contributed by atoms with E-state index in [2.05, 4.69) is 25.2 Å². The fourth-order valence-corrected chi connectivity index (χ4v) is 1.49. The van der Waals surface area contributed by atoms with E-state index in [4.69, 9.17) is 0 Å². The maximum atomic E-state index is 13.3. The number of ether oxygens (including phenoxy) is 1. The van der Waals surface area contributed by atoms with Gasteiger partial charge in [-0.25, -0.2) is 13.1 Å². The first kappa shape index (κ1) is 14.8. The SMILES string of the molecule is CCCCC(F)(F)C[C@H](NBr)C(=O)OC. The summed E-state index contributed by atoms with van der Waals surface area (Å²) in [5.41, 5.74) is 0. The fourth-order valence-electron chi connectivity index (χ4n) is 1.14. The smallest absolute Gasteiger partial charge is 0.323 e. The molecule has 0 spiro atoms. The Kier molecular flexibility index (Phi) is 7.00. The van der Waals surface area contributed by atoms with Gasteiger partial charge in [-0.2, -0.15) is 0 Å². The number of rotatable bonds is 7. The summed E-state index contributed by atoms with van der Waals surface area (Å²) in [7, 11) is 1.17. The van der Waals surface area contributed by atoms with Gasteiger partial charge in [0.1, 0.15) is 6.04 Å². The summed E-state index contributed by atoms with van der Waals surface area (Å²) >= 11 is 2.79. The quantitative estimate of drug-likeness (QED) is 0.578. The summed E-state index contributed by atoms with van der Waals surface area (Å²) in [6, 6.07) is -1.01. The second kappa shape index (κ2) is 7.11. The zero-order valence-electron chi connectivity index (χ0n) is 8.86. The van der Waals surface area contributed by atoms with Crippen LogP contribution < -0.4 is 4.34 Å². The van der Waals surface area contributed by atoms with Crippen LogP contribution in [0, 0.1) is 0 Å². The maximum absolute atomic E-state index is 13.3. The van der Waals surface area contributed by atoms with Crippen molar-refractivity contribution in [3.8, 4) is 0 Å². The molecule has 6 heteroatoms. The van der Waals surface area contributed by atoms with Gasteiger partial charge in [-0.3, -0.25) is 4.79 Å². The minimum atomic E-state index is -2.84. The Balaban J connectivity index is 4.20. The predicted octanol–water partition coefficient (Wildman–Crippen LogP) is 2.64. The van der Waals surface area contributed by atoms with Gasteiger partial charge >= 0.3 is 5.97 Å². The fraction of sp³-hybridized carbons (Fsp3) is 0.889. The Morgan fingerprint density at radius 3 is 2.60 bits per heavy atom. The zero-order chi connectivity index (χ0) is 11.9. The molecule has 15 heavy (non-hydrogen) atoms. The highest BCUT2D eigenvalue weighted by molar-refractivity contribution is 9.08. The summed E-state index contributed by atoms with van der Waals surface area (Å²) in [5.74, 6) is -3.53. The number of alkyl halides is 2. The third-order valence-electron chi connectivity index (χ3n) is 2.02. The summed E-state index contributed by atoms with van der Waals surface area (Å²) < 4.78 is 33.3. The average molecular weight is 288 g/mol. The van der Waals surface area contributed by atoms with Crippen molar-refractivity contribution in [1.29, 1.82) is 0 Å². The number of hydrogen-bond acceptors (Lipinski definition) is 3. The number of nitrogens with one attached hydrogen (secondary N) is 1. The Labute approximate surface area is 96.9 Å². The van der Waals surface area contributed by atoms with Crippen molar-refractivity contribution < 1.29 is 18.3 Å². The molecule has 0 unspecified atom stereocenters.